The number of nitrogens with one attached hydrogen (secondary N) is 1. The topological polar surface area (TPSA) is 12.0 Å². The van der Waals surface area contributed by atoms with Crippen LogP contribution in [0.4, 0.5) is 0 Å². The minimum absolute atomic E-state index is 1.08. The van der Waals surface area contributed by atoms with Crippen LogP contribution >= 0.6 is 0 Å². The first-order chi connectivity index (χ1) is 3.71. The smallest absolute Gasteiger partial charge is 0.0459 e. The molecule has 32 valence electrons. The van der Waals surface area contributed by atoms with Gasteiger partial charge in [-0.1, -0.05) is 13.8 Å². The predicted octanol–water partition coefficient (Wildman–Crippen LogP) is 0.614. The van der Waals surface area contributed by atoms with Crippen molar-refractivity contribution in [3.63, 3.8) is 0 Å². The summed E-state index contributed by atoms with van der Waals surface area (Å²) >= 11 is 0. The highest BCUT2D eigenvalue weighted by atomic mass is 14.8. The lowest BCUT2D eigenvalue weighted by Gasteiger charge is -1.95. The van der Waals surface area contributed by atoms with Gasteiger partial charge < -0.3 is 5.32 Å². The molecule has 0 radical (unpaired) electrons. The highest BCUT2D eigenvalue weighted by Gasteiger charge is 1.76. The van der Waals surface area contributed by atoms with E-state index in [0.29, 0.717) is 0 Å². The molecular weight excluding hydrogens is 62.1 g/mol. The molecule has 0 saturated carbocycles. The van der Waals surface area contributed by atoms with Gasteiger partial charge in [0, 0.05) is 11.5 Å². The normalized spacial score (nSPS) is 26.0. The zero-order chi connectivity index (χ0) is 7.71. The molecule has 0 fully saturated rings. The van der Waals surface area contributed by atoms with Crippen molar-refractivity contribution in [1.29, 1.82) is 0 Å². The van der Waals surface area contributed by atoms with Crippen LogP contribution in [0.15, 0.2) is 0 Å². The van der Waals surface area contributed by atoms with Crippen molar-refractivity contribution in [2.45, 2.75) is 19.9 Å². The van der Waals surface area contributed by atoms with Gasteiger partial charge >= 0.3 is 0 Å². The maximum atomic E-state index is 7.12. The molecule has 0 heterocycles. The third kappa shape index (κ3) is 3.96. The quantitative estimate of drug-likeness (QED) is 0.483. The minimum atomic E-state index is -2.20. The molecule has 0 aromatic heterocycles. The Morgan fingerprint density at radius 1 is 2.00 bits per heavy atom. The Balaban J connectivity index is 3.75. The van der Waals surface area contributed by atoms with Crippen LogP contribution in [-0.2, 0) is 0 Å². The Labute approximate surface area is 39.0 Å². The third-order valence-electron chi connectivity index (χ3n) is 0.250. The molecule has 0 aliphatic rings. The maximum Gasteiger partial charge on any atom is 0.0459 e. The van der Waals surface area contributed by atoms with Crippen LogP contribution in [0.3, 0.4) is 0 Å². The van der Waals surface area contributed by atoms with Gasteiger partial charge in [-0.15, -0.1) is 0 Å². The van der Waals surface area contributed by atoms with Crippen LogP contribution in [0.2, 0.25) is 0 Å². The van der Waals surface area contributed by atoms with Gasteiger partial charge in [0.15, 0.2) is 0 Å². The van der Waals surface area contributed by atoms with Gasteiger partial charge in [-0.25, -0.2) is 0 Å². The Morgan fingerprint density at radius 3 is 2.60 bits per heavy atom. The number of rotatable bonds is 1. The molecule has 0 aromatic rings. The fourth-order valence-corrected chi connectivity index (χ4v) is 0. The van der Waals surface area contributed by atoms with Gasteiger partial charge in [-0.05, 0) is 6.98 Å². The average molecular weight is 77.2 g/mol. The molecule has 0 aliphatic carbocycles. The van der Waals surface area contributed by atoms with Crippen LogP contribution in [0.25, 0.3) is 0 Å². The number of hydrogen-bond acceptors (Lipinski definition) is 1. The van der Waals surface area contributed by atoms with Crippen LogP contribution in [-0.4, -0.2) is 13.0 Å². The second-order valence-electron chi connectivity index (χ2n) is 1.12. The zero-order valence-corrected chi connectivity index (χ0v) is 3.50. The lowest BCUT2D eigenvalue weighted by atomic mass is 10.4. The highest BCUT2D eigenvalue weighted by molar-refractivity contribution is 4.40. The molecule has 0 unspecified atom stereocenters. The van der Waals surface area contributed by atoms with Gasteiger partial charge in [-0.2, -0.15) is 0 Å². The Morgan fingerprint density at radius 2 is 2.60 bits per heavy atom. The van der Waals surface area contributed by atoms with E-state index < -0.39 is 13.0 Å². The van der Waals surface area contributed by atoms with Crippen LogP contribution in [0.1, 0.15) is 19.3 Å². The molecule has 0 bridgehead atoms. The van der Waals surface area contributed by atoms with E-state index in [1.165, 1.54) is 13.8 Å². The third-order valence-corrected chi connectivity index (χ3v) is 0.250. The first-order valence-corrected chi connectivity index (χ1v) is 1.50. The molecule has 0 aromatic carbocycles. The molecule has 1 nitrogen and oxygen atoms in total. The summed E-state index contributed by atoms with van der Waals surface area (Å²) in [6.45, 7) is 0.768. The van der Waals surface area contributed by atoms with Crippen LogP contribution in [0, 0.1) is 0 Å². The summed E-state index contributed by atoms with van der Waals surface area (Å²) in [4.78, 5) is 0. The van der Waals surface area contributed by atoms with Gasteiger partial charge in [0.05, 0.1) is 0 Å². The van der Waals surface area contributed by atoms with Crippen molar-refractivity contribution < 1.29 is 5.48 Å². The molecule has 5 heavy (non-hydrogen) atoms. The molecular formula is C4H11N. The fourth-order valence-electron chi connectivity index (χ4n) is 0. The lowest BCUT2D eigenvalue weighted by molar-refractivity contribution is 0.668. The second-order valence-corrected chi connectivity index (χ2v) is 1.12. The summed E-state index contributed by atoms with van der Waals surface area (Å²) < 4.78 is 27.2. The van der Waals surface area contributed by atoms with E-state index in [1.807, 2.05) is 0 Å². The van der Waals surface area contributed by atoms with Crippen molar-refractivity contribution >= 4 is 0 Å². The van der Waals surface area contributed by atoms with Gasteiger partial charge in [0.2, 0.25) is 0 Å². The van der Waals surface area contributed by atoms with E-state index in [4.69, 9.17) is 5.48 Å². The van der Waals surface area contributed by atoms with Crippen LogP contribution in [0.5, 0.6) is 0 Å². The minimum Gasteiger partial charge on any atom is -0.318 e. The SMILES string of the molecule is [2H]C([2H])([2H])NC([2H])(C)C. The summed E-state index contributed by atoms with van der Waals surface area (Å²) in [5.41, 5.74) is 0. The van der Waals surface area contributed by atoms with Crippen molar-refractivity contribution in [2.24, 2.45) is 0 Å². The predicted molar refractivity (Wildman–Crippen MR) is 24.2 cm³/mol. The fraction of sp³-hybridized carbons (Fsp3) is 1.00. The van der Waals surface area contributed by atoms with Crippen LogP contribution < -0.4 is 5.32 Å². The molecule has 0 saturated heterocycles. The lowest BCUT2D eigenvalue weighted by Crippen LogP contribution is -2.15. The summed E-state index contributed by atoms with van der Waals surface area (Å²) in [6, 6.07) is -1.08. The first kappa shape index (κ1) is 1.23. The summed E-state index contributed by atoms with van der Waals surface area (Å²) in [6.07, 6.45) is 0. The van der Waals surface area contributed by atoms with E-state index in [-0.39, 0.29) is 0 Å². The first-order valence-electron chi connectivity index (χ1n) is 3.50. The second kappa shape index (κ2) is 2.21. The highest BCUT2D eigenvalue weighted by Crippen LogP contribution is 1.66. The summed E-state index contributed by atoms with van der Waals surface area (Å²) in [5.74, 6) is 0. The Kier molecular flexibility index (Phi) is 0.543. The van der Waals surface area contributed by atoms with E-state index >= 15 is 0 Å². The molecule has 0 spiro atoms. The largest absolute Gasteiger partial charge is 0.318 e. The van der Waals surface area contributed by atoms with Crippen molar-refractivity contribution in [3.05, 3.63) is 0 Å². The zero-order valence-electron chi connectivity index (χ0n) is 7.50. The van der Waals surface area contributed by atoms with E-state index in [2.05, 4.69) is 5.32 Å². The molecule has 0 aliphatic heterocycles. The van der Waals surface area contributed by atoms with E-state index in [0.717, 1.165) is 0 Å². The molecule has 0 atom stereocenters. The molecule has 1 N–H and O–H groups in total. The maximum absolute atomic E-state index is 7.12. The van der Waals surface area contributed by atoms with Gasteiger partial charge in [0.25, 0.3) is 0 Å². The Bertz CT molecular complexity index is 77.7. The molecule has 0 rings (SSSR count). The summed E-state index contributed by atoms with van der Waals surface area (Å²) in [7, 11) is 0. The van der Waals surface area contributed by atoms with Gasteiger partial charge in [-0.3, -0.25) is 0 Å². The summed E-state index contributed by atoms with van der Waals surface area (Å²) in [5, 5.41) is 2.12. The van der Waals surface area contributed by atoms with Crippen molar-refractivity contribution in [3.8, 4) is 0 Å². The van der Waals surface area contributed by atoms with E-state index in [9.17, 15) is 0 Å². The van der Waals surface area contributed by atoms with Gasteiger partial charge in [0.1, 0.15) is 0 Å². The van der Waals surface area contributed by atoms with E-state index in [1.54, 1.807) is 0 Å². The molecule has 1 heteroatoms. The van der Waals surface area contributed by atoms with Crippen molar-refractivity contribution in [2.75, 3.05) is 6.98 Å². The monoisotopic (exact) mass is 77.1 g/mol. The van der Waals surface area contributed by atoms with Crippen molar-refractivity contribution in [1.82, 2.24) is 5.32 Å². The Hall–Kier alpha value is -0.0400. The standard InChI is InChI=1S/C4H11N/c1-4(2)5-3/h4-5H,1-3H3/i3D3,4D. The average Bonchev–Trinajstić information content (AvgIpc) is 1.14. The number of hydrogen-bond donors (Lipinski definition) is 1. The molecule has 0 amide bonds.